The largest absolute Gasteiger partial charge is 0.480 e. The summed E-state index contributed by atoms with van der Waals surface area (Å²) in [7, 11) is -7.69. The lowest BCUT2D eigenvalue weighted by atomic mass is 10.1. The van der Waals surface area contributed by atoms with Gasteiger partial charge in [0.15, 0.2) is 9.84 Å². The predicted octanol–water partition coefficient (Wildman–Crippen LogP) is 0.868. The summed E-state index contributed by atoms with van der Waals surface area (Å²) in [5.41, 5.74) is 0. The number of benzene rings is 1. The molecule has 1 atom stereocenters. The average Bonchev–Trinajstić information content (AvgIpc) is 2.36. The minimum absolute atomic E-state index is 0.0221. The molecule has 0 heterocycles. The van der Waals surface area contributed by atoms with E-state index in [2.05, 4.69) is 4.72 Å². The van der Waals surface area contributed by atoms with E-state index >= 15 is 0 Å². The zero-order valence-corrected chi connectivity index (χ0v) is 14.1. The Morgan fingerprint density at radius 2 is 1.73 bits per heavy atom. The Morgan fingerprint density at radius 1 is 1.18 bits per heavy atom. The van der Waals surface area contributed by atoms with Gasteiger partial charge in [0.1, 0.15) is 6.04 Å². The van der Waals surface area contributed by atoms with E-state index in [1.807, 2.05) is 0 Å². The van der Waals surface area contributed by atoms with E-state index in [9.17, 15) is 21.6 Å². The molecule has 0 saturated heterocycles. The quantitative estimate of drug-likeness (QED) is 0.754. The molecule has 1 aromatic rings. The van der Waals surface area contributed by atoms with E-state index in [0.717, 1.165) is 12.3 Å². The van der Waals surface area contributed by atoms with Crippen molar-refractivity contribution in [1.29, 1.82) is 0 Å². The fourth-order valence-corrected chi connectivity index (χ4v) is 3.79. The zero-order valence-electron chi connectivity index (χ0n) is 12.5. The van der Waals surface area contributed by atoms with Crippen LogP contribution >= 0.6 is 0 Å². The minimum atomic E-state index is -4.13. The molecule has 22 heavy (non-hydrogen) atoms. The third-order valence-corrected chi connectivity index (χ3v) is 5.43. The molecule has 0 fully saturated rings. The number of carboxylic acid groups (broad SMARTS) is 1. The molecule has 0 aliphatic carbocycles. The van der Waals surface area contributed by atoms with Crippen LogP contribution in [-0.2, 0) is 24.7 Å². The first-order chi connectivity index (χ1) is 9.93. The fourth-order valence-electron chi connectivity index (χ4n) is 1.80. The summed E-state index contributed by atoms with van der Waals surface area (Å²) in [5, 5.41) is 9.09. The second kappa shape index (κ2) is 6.76. The van der Waals surface area contributed by atoms with Gasteiger partial charge in [0.05, 0.1) is 9.79 Å². The topological polar surface area (TPSA) is 118 Å². The van der Waals surface area contributed by atoms with E-state index < -0.39 is 31.9 Å². The van der Waals surface area contributed by atoms with Gasteiger partial charge >= 0.3 is 5.97 Å². The van der Waals surface area contributed by atoms with Gasteiger partial charge in [-0.1, -0.05) is 19.9 Å². The van der Waals surface area contributed by atoms with Crippen LogP contribution in [0.25, 0.3) is 0 Å². The molecule has 0 unspecified atom stereocenters. The predicted molar refractivity (Wildman–Crippen MR) is 80.8 cm³/mol. The molecular formula is C13H19NO6S2. The number of hydrogen-bond acceptors (Lipinski definition) is 5. The standard InChI is InChI=1S/C13H19NO6S2/c1-9(2)7-12(13(15)16)14-22(19,20)11-6-4-5-10(8-11)21(3,17)18/h4-6,8-9,12,14H,7H2,1-3H3,(H,15,16)/t12-/m0/s1. The molecule has 0 aliphatic heterocycles. The summed E-state index contributed by atoms with van der Waals surface area (Å²) in [4.78, 5) is 10.7. The van der Waals surface area contributed by atoms with Crippen molar-refractivity contribution in [2.24, 2.45) is 5.92 Å². The van der Waals surface area contributed by atoms with Crippen molar-refractivity contribution in [2.45, 2.75) is 36.1 Å². The summed E-state index contributed by atoms with van der Waals surface area (Å²) >= 11 is 0. The van der Waals surface area contributed by atoms with Crippen LogP contribution in [0.5, 0.6) is 0 Å². The summed E-state index contributed by atoms with van der Waals surface area (Å²) in [6.45, 7) is 3.54. The number of hydrogen-bond donors (Lipinski definition) is 2. The SMILES string of the molecule is CC(C)C[C@H](NS(=O)(=O)c1cccc(S(C)(=O)=O)c1)C(=O)O. The molecule has 0 saturated carbocycles. The second-order valence-electron chi connectivity index (χ2n) is 5.39. The van der Waals surface area contributed by atoms with Gasteiger partial charge < -0.3 is 5.11 Å². The number of carboxylic acids is 1. The molecular weight excluding hydrogens is 330 g/mol. The van der Waals surface area contributed by atoms with Crippen LogP contribution < -0.4 is 4.72 Å². The van der Waals surface area contributed by atoms with E-state index in [4.69, 9.17) is 5.11 Å². The Hall–Kier alpha value is -1.45. The third kappa shape index (κ3) is 5.08. The van der Waals surface area contributed by atoms with E-state index in [0.29, 0.717) is 0 Å². The van der Waals surface area contributed by atoms with E-state index in [1.54, 1.807) is 13.8 Å². The lowest BCUT2D eigenvalue weighted by molar-refractivity contribution is -0.139. The van der Waals surface area contributed by atoms with Gasteiger partial charge in [0.25, 0.3) is 0 Å². The van der Waals surface area contributed by atoms with Crippen molar-refractivity contribution in [3.63, 3.8) is 0 Å². The lowest BCUT2D eigenvalue weighted by Gasteiger charge is -2.16. The van der Waals surface area contributed by atoms with Crippen molar-refractivity contribution >= 4 is 25.8 Å². The van der Waals surface area contributed by atoms with Crippen LogP contribution in [-0.4, -0.2) is 40.2 Å². The molecule has 0 radical (unpaired) electrons. The normalized spacial score (nSPS) is 14.0. The Morgan fingerprint density at radius 3 is 2.18 bits per heavy atom. The van der Waals surface area contributed by atoms with Crippen LogP contribution in [0.2, 0.25) is 0 Å². The summed E-state index contributed by atoms with van der Waals surface area (Å²) in [6, 6.07) is 3.52. The molecule has 1 rings (SSSR count). The van der Waals surface area contributed by atoms with Crippen LogP contribution in [0.3, 0.4) is 0 Å². The highest BCUT2D eigenvalue weighted by atomic mass is 32.2. The van der Waals surface area contributed by atoms with Gasteiger partial charge in [-0.25, -0.2) is 16.8 Å². The molecule has 0 spiro atoms. The molecule has 2 N–H and O–H groups in total. The maximum atomic E-state index is 12.2. The first-order valence-electron chi connectivity index (χ1n) is 6.48. The number of rotatable bonds is 7. The molecule has 1 aromatic carbocycles. The van der Waals surface area contributed by atoms with Crippen LogP contribution in [0, 0.1) is 5.92 Å². The van der Waals surface area contributed by atoms with Crippen LogP contribution in [0.15, 0.2) is 34.1 Å². The summed E-state index contributed by atoms with van der Waals surface area (Å²) < 4.78 is 49.5. The van der Waals surface area contributed by atoms with Crippen molar-refractivity contribution in [3.8, 4) is 0 Å². The highest BCUT2D eigenvalue weighted by molar-refractivity contribution is 7.91. The first-order valence-corrected chi connectivity index (χ1v) is 9.86. The van der Waals surface area contributed by atoms with Gasteiger partial charge in [-0.15, -0.1) is 0 Å². The Kier molecular flexibility index (Phi) is 5.71. The Labute approximate surface area is 130 Å². The molecule has 9 heteroatoms. The van der Waals surface area contributed by atoms with Gasteiger partial charge in [0.2, 0.25) is 10.0 Å². The van der Waals surface area contributed by atoms with Crippen molar-refractivity contribution < 1.29 is 26.7 Å². The number of sulfone groups is 1. The lowest BCUT2D eigenvalue weighted by Crippen LogP contribution is -2.41. The smallest absolute Gasteiger partial charge is 0.321 e. The molecule has 7 nitrogen and oxygen atoms in total. The van der Waals surface area contributed by atoms with E-state index in [1.165, 1.54) is 18.2 Å². The van der Waals surface area contributed by atoms with Gasteiger partial charge in [-0.3, -0.25) is 4.79 Å². The highest BCUT2D eigenvalue weighted by Gasteiger charge is 2.26. The molecule has 0 aliphatic rings. The van der Waals surface area contributed by atoms with Crippen molar-refractivity contribution in [1.82, 2.24) is 4.72 Å². The van der Waals surface area contributed by atoms with E-state index in [-0.39, 0.29) is 22.1 Å². The Bertz CT molecular complexity index is 752. The molecule has 0 aromatic heterocycles. The fraction of sp³-hybridized carbons (Fsp3) is 0.462. The number of carbonyl (C=O) groups is 1. The van der Waals surface area contributed by atoms with Gasteiger partial charge in [-0.2, -0.15) is 4.72 Å². The van der Waals surface area contributed by atoms with Gasteiger partial charge in [0, 0.05) is 6.26 Å². The maximum Gasteiger partial charge on any atom is 0.321 e. The van der Waals surface area contributed by atoms with Crippen LogP contribution in [0.4, 0.5) is 0 Å². The van der Waals surface area contributed by atoms with Crippen molar-refractivity contribution in [2.75, 3.05) is 6.26 Å². The molecule has 0 bridgehead atoms. The first kappa shape index (κ1) is 18.6. The van der Waals surface area contributed by atoms with Crippen LogP contribution in [0.1, 0.15) is 20.3 Å². The van der Waals surface area contributed by atoms with Crippen molar-refractivity contribution in [3.05, 3.63) is 24.3 Å². The average molecular weight is 349 g/mol. The summed E-state index contributed by atoms with van der Waals surface area (Å²) in [6.07, 6.45) is 1.09. The maximum absolute atomic E-state index is 12.2. The number of nitrogens with one attached hydrogen (secondary N) is 1. The highest BCUT2D eigenvalue weighted by Crippen LogP contribution is 2.17. The number of aliphatic carboxylic acids is 1. The second-order valence-corrected chi connectivity index (χ2v) is 9.12. The third-order valence-electron chi connectivity index (χ3n) is 2.85. The summed E-state index contributed by atoms with van der Waals surface area (Å²) in [5.74, 6) is -1.30. The molecule has 0 amide bonds. The Balaban J connectivity index is 3.16. The monoisotopic (exact) mass is 349 g/mol. The number of sulfonamides is 1. The minimum Gasteiger partial charge on any atom is -0.480 e. The zero-order chi connectivity index (χ0) is 17.1. The molecule has 124 valence electrons. The van der Waals surface area contributed by atoms with Gasteiger partial charge in [-0.05, 0) is 30.5 Å².